The number of ether oxygens (including phenoxy) is 3. The number of anilines is 1. The summed E-state index contributed by atoms with van der Waals surface area (Å²) in [7, 11) is 0. The van der Waals surface area contributed by atoms with Crippen LogP contribution in [-0.2, 0) is 9.53 Å². The van der Waals surface area contributed by atoms with Crippen LogP contribution in [0.25, 0.3) is 0 Å². The average molecular weight is 369 g/mol. The van der Waals surface area contributed by atoms with E-state index in [-0.39, 0.29) is 6.61 Å². The Morgan fingerprint density at radius 2 is 1.78 bits per heavy atom. The maximum Gasteiger partial charge on any atom is 0.338 e. The van der Waals surface area contributed by atoms with Gasteiger partial charge in [0.1, 0.15) is 13.2 Å². The molecule has 6 nitrogen and oxygen atoms in total. The van der Waals surface area contributed by atoms with Gasteiger partial charge in [-0.05, 0) is 48.2 Å². The Morgan fingerprint density at radius 3 is 2.48 bits per heavy atom. The van der Waals surface area contributed by atoms with E-state index in [1.54, 1.807) is 18.2 Å². The molecule has 0 radical (unpaired) electrons. The minimum absolute atomic E-state index is 0.310. The number of esters is 1. The van der Waals surface area contributed by atoms with Gasteiger partial charge >= 0.3 is 5.97 Å². The van der Waals surface area contributed by atoms with Gasteiger partial charge in [-0.2, -0.15) is 0 Å². The molecule has 0 saturated carbocycles. The van der Waals surface area contributed by atoms with Crippen molar-refractivity contribution in [1.29, 1.82) is 0 Å². The predicted octanol–water partition coefficient (Wildman–Crippen LogP) is 3.77. The molecule has 1 amide bonds. The predicted molar refractivity (Wildman–Crippen MR) is 101 cm³/mol. The lowest BCUT2D eigenvalue weighted by Crippen LogP contribution is -2.21. The molecule has 2 aromatic rings. The van der Waals surface area contributed by atoms with Crippen LogP contribution in [0.4, 0.5) is 5.69 Å². The van der Waals surface area contributed by atoms with E-state index < -0.39 is 11.9 Å². The zero-order chi connectivity index (χ0) is 19.2. The third-order valence-electron chi connectivity index (χ3n) is 4.49. The summed E-state index contributed by atoms with van der Waals surface area (Å²) in [4.78, 5) is 24.2. The highest BCUT2D eigenvalue weighted by atomic mass is 16.6. The van der Waals surface area contributed by atoms with Gasteiger partial charge in [0.25, 0.3) is 5.91 Å². The van der Waals surface area contributed by atoms with Crippen molar-refractivity contribution in [1.82, 2.24) is 0 Å². The molecular weight excluding hydrogens is 346 g/mol. The van der Waals surface area contributed by atoms with Crippen LogP contribution in [-0.4, -0.2) is 31.7 Å². The first-order valence-corrected chi connectivity index (χ1v) is 9.03. The minimum Gasteiger partial charge on any atom is -0.486 e. The van der Waals surface area contributed by atoms with Crippen molar-refractivity contribution in [3.63, 3.8) is 0 Å². The van der Waals surface area contributed by atoms with Crippen LogP contribution in [0.15, 0.2) is 42.5 Å². The SMILES string of the molecule is CC[C@H](C)c1ccc(NC(=O)COC(=O)c2ccc3c(c2)OCCO3)cc1. The van der Waals surface area contributed by atoms with Crippen molar-refractivity contribution in [3.8, 4) is 11.5 Å². The first-order chi connectivity index (χ1) is 13.1. The van der Waals surface area contributed by atoms with Crippen LogP contribution < -0.4 is 14.8 Å². The molecule has 0 aliphatic carbocycles. The normalized spacial score (nSPS) is 13.6. The second-order valence-electron chi connectivity index (χ2n) is 6.41. The lowest BCUT2D eigenvalue weighted by molar-refractivity contribution is -0.119. The van der Waals surface area contributed by atoms with E-state index in [1.165, 1.54) is 5.56 Å². The molecular formula is C21H23NO5. The molecule has 0 bridgehead atoms. The van der Waals surface area contributed by atoms with Crippen molar-refractivity contribution in [2.24, 2.45) is 0 Å². The van der Waals surface area contributed by atoms with Crippen molar-refractivity contribution in [2.75, 3.05) is 25.1 Å². The fourth-order valence-corrected chi connectivity index (χ4v) is 2.71. The number of hydrogen-bond donors (Lipinski definition) is 1. The lowest BCUT2D eigenvalue weighted by atomic mass is 9.99. The fraction of sp³-hybridized carbons (Fsp3) is 0.333. The summed E-state index contributed by atoms with van der Waals surface area (Å²) >= 11 is 0. The number of amides is 1. The van der Waals surface area contributed by atoms with E-state index in [0.29, 0.717) is 41.9 Å². The standard InChI is InChI=1S/C21H23NO5/c1-3-14(2)15-4-7-17(8-5-15)22-20(23)13-27-21(24)16-6-9-18-19(12-16)26-11-10-25-18/h4-9,12,14H,3,10-11,13H2,1-2H3,(H,22,23)/t14-/m0/s1. The highest BCUT2D eigenvalue weighted by Gasteiger charge is 2.16. The van der Waals surface area contributed by atoms with Gasteiger partial charge in [-0.15, -0.1) is 0 Å². The van der Waals surface area contributed by atoms with Gasteiger partial charge < -0.3 is 19.5 Å². The van der Waals surface area contributed by atoms with E-state index in [9.17, 15) is 9.59 Å². The van der Waals surface area contributed by atoms with Gasteiger partial charge in [0, 0.05) is 5.69 Å². The maximum atomic E-state index is 12.1. The third kappa shape index (κ3) is 4.78. The highest BCUT2D eigenvalue weighted by molar-refractivity contribution is 5.95. The molecule has 6 heteroatoms. The Morgan fingerprint density at radius 1 is 1.07 bits per heavy atom. The Balaban J connectivity index is 1.52. The molecule has 1 atom stereocenters. The minimum atomic E-state index is -0.589. The maximum absolute atomic E-state index is 12.1. The Hall–Kier alpha value is -3.02. The molecule has 1 N–H and O–H groups in total. The number of hydrogen-bond acceptors (Lipinski definition) is 5. The summed E-state index contributed by atoms with van der Waals surface area (Å²) in [6.07, 6.45) is 1.06. The number of fused-ring (bicyclic) bond motifs is 1. The van der Waals surface area contributed by atoms with Gasteiger partial charge in [0.2, 0.25) is 0 Å². The van der Waals surface area contributed by atoms with Gasteiger partial charge in [0.15, 0.2) is 18.1 Å². The van der Waals surface area contributed by atoms with Crippen LogP contribution in [0.1, 0.15) is 42.1 Å². The monoisotopic (exact) mass is 369 g/mol. The molecule has 0 unspecified atom stereocenters. The molecule has 0 fully saturated rings. The molecule has 142 valence electrons. The number of benzene rings is 2. The average Bonchev–Trinajstić information content (AvgIpc) is 2.71. The first-order valence-electron chi connectivity index (χ1n) is 9.03. The number of rotatable bonds is 6. The van der Waals surface area contributed by atoms with Crippen molar-refractivity contribution in [2.45, 2.75) is 26.2 Å². The summed E-state index contributed by atoms with van der Waals surface area (Å²) in [6, 6.07) is 12.5. The second kappa shape index (κ2) is 8.58. The Kier molecular flexibility index (Phi) is 5.96. The zero-order valence-electron chi connectivity index (χ0n) is 15.5. The summed E-state index contributed by atoms with van der Waals surface area (Å²) in [6.45, 7) is 4.85. The number of nitrogens with one attached hydrogen (secondary N) is 1. The zero-order valence-corrected chi connectivity index (χ0v) is 15.5. The molecule has 0 saturated heterocycles. The quantitative estimate of drug-likeness (QED) is 0.785. The summed E-state index contributed by atoms with van der Waals surface area (Å²) < 4.78 is 15.9. The molecule has 1 aliphatic rings. The van der Waals surface area contributed by atoms with E-state index in [4.69, 9.17) is 14.2 Å². The summed E-state index contributed by atoms with van der Waals surface area (Å²) in [5, 5.41) is 2.72. The molecule has 2 aromatic carbocycles. The van der Waals surface area contributed by atoms with Gasteiger partial charge in [-0.3, -0.25) is 4.79 Å². The molecule has 27 heavy (non-hydrogen) atoms. The van der Waals surface area contributed by atoms with Crippen molar-refractivity contribution < 1.29 is 23.8 Å². The molecule has 1 aliphatic heterocycles. The first kappa shape index (κ1) is 18.8. The van der Waals surface area contributed by atoms with E-state index >= 15 is 0 Å². The van der Waals surface area contributed by atoms with Crippen LogP contribution in [0, 0.1) is 0 Å². The topological polar surface area (TPSA) is 73.9 Å². The van der Waals surface area contributed by atoms with Crippen LogP contribution in [0.3, 0.4) is 0 Å². The molecule has 0 aromatic heterocycles. The van der Waals surface area contributed by atoms with Crippen molar-refractivity contribution in [3.05, 3.63) is 53.6 Å². The fourth-order valence-electron chi connectivity index (χ4n) is 2.71. The summed E-state index contributed by atoms with van der Waals surface area (Å²) in [5.74, 6) is 0.589. The highest BCUT2D eigenvalue weighted by Crippen LogP contribution is 2.30. The smallest absolute Gasteiger partial charge is 0.338 e. The van der Waals surface area contributed by atoms with E-state index in [1.807, 2.05) is 24.3 Å². The lowest BCUT2D eigenvalue weighted by Gasteiger charge is -2.18. The van der Waals surface area contributed by atoms with Gasteiger partial charge in [-0.1, -0.05) is 26.0 Å². The van der Waals surface area contributed by atoms with Crippen LogP contribution in [0.5, 0.6) is 11.5 Å². The number of carbonyl (C=O) groups is 2. The van der Waals surface area contributed by atoms with Crippen LogP contribution >= 0.6 is 0 Å². The Labute approximate surface area is 158 Å². The number of carbonyl (C=O) groups excluding carboxylic acids is 2. The summed E-state index contributed by atoms with van der Waals surface area (Å²) in [5.41, 5.74) is 2.20. The van der Waals surface area contributed by atoms with Crippen LogP contribution in [0.2, 0.25) is 0 Å². The molecule has 0 spiro atoms. The third-order valence-corrected chi connectivity index (χ3v) is 4.49. The largest absolute Gasteiger partial charge is 0.486 e. The van der Waals surface area contributed by atoms with E-state index in [0.717, 1.165) is 6.42 Å². The van der Waals surface area contributed by atoms with Gasteiger partial charge in [0.05, 0.1) is 5.56 Å². The van der Waals surface area contributed by atoms with E-state index in [2.05, 4.69) is 19.2 Å². The molecule has 3 rings (SSSR count). The second-order valence-corrected chi connectivity index (χ2v) is 6.41. The molecule has 1 heterocycles. The Bertz CT molecular complexity index is 816. The van der Waals surface area contributed by atoms with Gasteiger partial charge in [-0.25, -0.2) is 4.79 Å². The van der Waals surface area contributed by atoms with Crippen molar-refractivity contribution >= 4 is 17.6 Å².